The second kappa shape index (κ2) is 9.49. The van der Waals surface area contributed by atoms with Gasteiger partial charge in [0.25, 0.3) is 5.91 Å². The molecule has 4 N–H and O–H groups in total. The van der Waals surface area contributed by atoms with Crippen LogP contribution < -0.4 is 16.4 Å². The minimum absolute atomic E-state index is 0. The molecule has 0 fully saturated rings. The molecule has 0 bridgehead atoms. The molecule has 3 amide bonds. The maximum Gasteiger partial charge on any atom is 0.319 e. The molecule has 0 unspecified atom stereocenters. The molecule has 0 aliphatic rings. The van der Waals surface area contributed by atoms with Crippen LogP contribution in [0.15, 0.2) is 24.3 Å². The van der Waals surface area contributed by atoms with E-state index in [2.05, 4.69) is 10.6 Å². The van der Waals surface area contributed by atoms with E-state index in [1.807, 2.05) is 27.7 Å². The summed E-state index contributed by atoms with van der Waals surface area (Å²) < 4.78 is 0. The van der Waals surface area contributed by atoms with Gasteiger partial charge >= 0.3 is 6.03 Å². The highest BCUT2D eigenvalue weighted by Crippen LogP contribution is 2.20. The predicted molar refractivity (Wildman–Crippen MR) is 101 cm³/mol. The molecule has 0 saturated heterocycles. The van der Waals surface area contributed by atoms with E-state index in [-0.39, 0.29) is 35.8 Å². The molecule has 1 rings (SSSR count). The molecule has 6 nitrogen and oxygen atoms in total. The highest BCUT2D eigenvalue weighted by Gasteiger charge is 2.23. The van der Waals surface area contributed by atoms with Gasteiger partial charge in [0.05, 0.1) is 11.3 Å². The van der Waals surface area contributed by atoms with Crippen LogP contribution in [0.1, 0.15) is 38.1 Å². The molecular weight excluding hydrogens is 328 g/mol. The number of urea groups is 1. The number of nitrogens with two attached hydrogens (primary N) is 1. The summed E-state index contributed by atoms with van der Waals surface area (Å²) in [5.41, 5.74) is 6.52. The zero-order valence-corrected chi connectivity index (χ0v) is 15.9. The van der Waals surface area contributed by atoms with E-state index in [1.54, 1.807) is 36.2 Å². The number of benzene rings is 1. The van der Waals surface area contributed by atoms with Crippen LogP contribution in [0.25, 0.3) is 0 Å². The number of hydrogen-bond donors (Lipinski definition) is 3. The van der Waals surface area contributed by atoms with Gasteiger partial charge in [0.15, 0.2) is 0 Å². The number of nitrogens with zero attached hydrogens (tertiary/aromatic N) is 1. The van der Waals surface area contributed by atoms with Crippen molar-refractivity contribution in [2.45, 2.75) is 33.7 Å². The monoisotopic (exact) mass is 356 g/mol. The van der Waals surface area contributed by atoms with Crippen LogP contribution in [0, 0.1) is 5.41 Å². The van der Waals surface area contributed by atoms with Gasteiger partial charge in [-0.1, -0.05) is 26.0 Å². The number of carbonyl (C=O) groups excluding carboxylic acids is 2. The van der Waals surface area contributed by atoms with Crippen molar-refractivity contribution in [3.05, 3.63) is 29.8 Å². The van der Waals surface area contributed by atoms with E-state index in [1.165, 1.54) is 0 Å². The molecule has 1 aromatic rings. The summed E-state index contributed by atoms with van der Waals surface area (Å²) in [6.45, 7) is 8.79. The normalized spacial score (nSPS) is 10.8. The number of para-hydroxylation sites is 1. The van der Waals surface area contributed by atoms with Gasteiger partial charge in [-0.05, 0) is 37.9 Å². The van der Waals surface area contributed by atoms with Crippen molar-refractivity contribution in [1.29, 1.82) is 0 Å². The van der Waals surface area contributed by atoms with Crippen LogP contribution in [-0.2, 0) is 0 Å². The number of halogens is 1. The van der Waals surface area contributed by atoms with E-state index >= 15 is 0 Å². The molecule has 0 radical (unpaired) electrons. The molecule has 0 aliphatic carbocycles. The molecule has 0 spiro atoms. The Labute approximate surface area is 150 Å². The summed E-state index contributed by atoms with van der Waals surface area (Å²) in [6.07, 6.45) is 0. The molecule has 7 heteroatoms. The Bertz CT molecular complexity index is 561. The second-order valence-electron chi connectivity index (χ2n) is 6.83. The van der Waals surface area contributed by atoms with Crippen molar-refractivity contribution in [2.75, 3.05) is 25.5 Å². The lowest BCUT2D eigenvalue weighted by Crippen LogP contribution is -2.40. The summed E-state index contributed by atoms with van der Waals surface area (Å²) in [5, 5.41) is 5.47. The van der Waals surface area contributed by atoms with Crippen molar-refractivity contribution in [3.8, 4) is 0 Å². The van der Waals surface area contributed by atoms with Crippen molar-refractivity contribution in [2.24, 2.45) is 11.1 Å². The summed E-state index contributed by atoms with van der Waals surface area (Å²) in [4.78, 5) is 26.2. The van der Waals surface area contributed by atoms with Crippen LogP contribution in [0.3, 0.4) is 0 Å². The summed E-state index contributed by atoms with van der Waals surface area (Å²) in [7, 11) is 1.74. The fourth-order valence-electron chi connectivity index (χ4n) is 2.18. The summed E-state index contributed by atoms with van der Waals surface area (Å²) in [5.74, 6) is -0.146. The van der Waals surface area contributed by atoms with Crippen LogP contribution in [0.5, 0.6) is 0 Å². The Morgan fingerprint density at radius 2 is 1.83 bits per heavy atom. The van der Waals surface area contributed by atoms with Gasteiger partial charge in [-0.3, -0.25) is 4.79 Å². The van der Waals surface area contributed by atoms with Gasteiger partial charge in [-0.25, -0.2) is 4.79 Å². The summed E-state index contributed by atoms with van der Waals surface area (Å²) >= 11 is 0. The number of rotatable bonds is 6. The van der Waals surface area contributed by atoms with E-state index in [0.717, 1.165) is 0 Å². The fourth-order valence-corrected chi connectivity index (χ4v) is 2.18. The van der Waals surface area contributed by atoms with E-state index in [9.17, 15) is 9.59 Å². The summed E-state index contributed by atoms with van der Waals surface area (Å²) in [6, 6.07) is 6.68. The molecular formula is C17H29ClN4O2. The zero-order valence-electron chi connectivity index (χ0n) is 15.1. The average Bonchev–Trinajstić information content (AvgIpc) is 2.45. The average molecular weight is 357 g/mol. The van der Waals surface area contributed by atoms with Crippen molar-refractivity contribution < 1.29 is 9.59 Å². The predicted octanol–water partition coefficient (Wildman–Crippen LogP) is 2.70. The first-order valence-electron chi connectivity index (χ1n) is 7.78. The van der Waals surface area contributed by atoms with Crippen molar-refractivity contribution in [3.63, 3.8) is 0 Å². The highest BCUT2D eigenvalue weighted by atomic mass is 35.5. The SMILES string of the molecule is CC(C)NC(=O)Nc1ccccc1C(=O)N(C)CC(C)(C)CN.Cl. The van der Waals surface area contributed by atoms with E-state index in [0.29, 0.717) is 24.3 Å². The first-order chi connectivity index (χ1) is 10.7. The first kappa shape index (κ1) is 22.2. The lowest BCUT2D eigenvalue weighted by Gasteiger charge is -2.29. The molecule has 24 heavy (non-hydrogen) atoms. The van der Waals surface area contributed by atoms with Gasteiger partial charge in [-0.2, -0.15) is 0 Å². The van der Waals surface area contributed by atoms with Crippen LogP contribution in [0.2, 0.25) is 0 Å². The maximum atomic E-state index is 12.7. The number of amides is 3. The minimum atomic E-state index is -0.329. The van der Waals surface area contributed by atoms with Crippen LogP contribution >= 0.6 is 12.4 Å². The fraction of sp³-hybridized carbons (Fsp3) is 0.529. The van der Waals surface area contributed by atoms with Crippen molar-refractivity contribution in [1.82, 2.24) is 10.2 Å². The molecule has 136 valence electrons. The molecule has 1 aromatic carbocycles. The van der Waals surface area contributed by atoms with E-state index in [4.69, 9.17) is 5.73 Å². The lowest BCUT2D eigenvalue weighted by atomic mass is 9.93. The number of carbonyl (C=O) groups is 2. The van der Waals surface area contributed by atoms with Gasteiger partial charge in [-0.15, -0.1) is 12.4 Å². The largest absolute Gasteiger partial charge is 0.341 e. The molecule has 0 atom stereocenters. The quantitative estimate of drug-likeness (QED) is 0.732. The van der Waals surface area contributed by atoms with Gasteiger partial charge in [0.2, 0.25) is 0 Å². The minimum Gasteiger partial charge on any atom is -0.341 e. The second-order valence-corrected chi connectivity index (χ2v) is 6.83. The number of nitrogens with one attached hydrogen (secondary N) is 2. The molecule has 0 aliphatic heterocycles. The van der Waals surface area contributed by atoms with Gasteiger partial charge in [0.1, 0.15) is 0 Å². The third-order valence-electron chi connectivity index (χ3n) is 3.39. The third-order valence-corrected chi connectivity index (χ3v) is 3.39. The van der Waals surface area contributed by atoms with E-state index < -0.39 is 0 Å². The topological polar surface area (TPSA) is 87.5 Å². The van der Waals surface area contributed by atoms with Crippen LogP contribution in [0.4, 0.5) is 10.5 Å². The maximum absolute atomic E-state index is 12.7. The standard InChI is InChI=1S/C17H28N4O2.ClH/c1-12(2)19-16(23)20-14-9-7-6-8-13(14)15(22)21(5)11-17(3,4)10-18;/h6-9,12H,10-11,18H2,1-5H3,(H2,19,20,23);1H. The lowest BCUT2D eigenvalue weighted by molar-refractivity contribution is 0.0741. The smallest absolute Gasteiger partial charge is 0.319 e. The van der Waals surface area contributed by atoms with Gasteiger partial charge < -0.3 is 21.3 Å². The number of hydrogen-bond acceptors (Lipinski definition) is 3. The van der Waals surface area contributed by atoms with Crippen molar-refractivity contribution >= 4 is 30.0 Å². The molecule has 0 heterocycles. The number of anilines is 1. The Kier molecular flexibility index (Phi) is 8.78. The zero-order chi connectivity index (χ0) is 17.6. The van der Waals surface area contributed by atoms with Gasteiger partial charge in [0, 0.05) is 19.6 Å². The highest BCUT2D eigenvalue weighted by molar-refractivity contribution is 6.03. The first-order valence-corrected chi connectivity index (χ1v) is 7.78. The Hall–Kier alpha value is -1.79. The Morgan fingerprint density at radius 1 is 1.25 bits per heavy atom. The third kappa shape index (κ3) is 6.76. The Morgan fingerprint density at radius 3 is 2.38 bits per heavy atom. The molecule has 0 aromatic heterocycles. The van der Waals surface area contributed by atoms with Crippen LogP contribution in [-0.4, -0.2) is 43.0 Å². The molecule has 0 saturated carbocycles. The Balaban J connectivity index is 0.00000529.